The van der Waals surface area contributed by atoms with Gasteiger partial charge in [0.15, 0.2) is 0 Å². The third-order valence-corrected chi connectivity index (χ3v) is 2.51. The summed E-state index contributed by atoms with van der Waals surface area (Å²) in [5, 5.41) is 0. The minimum atomic E-state index is -0.460. The van der Waals surface area contributed by atoms with Gasteiger partial charge in [-0.25, -0.2) is 4.79 Å². The van der Waals surface area contributed by atoms with Gasteiger partial charge in [0.2, 0.25) is 0 Å². The van der Waals surface area contributed by atoms with Crippen LogP contribution in [-0.4, -0.2) is 22.6 Å². The zero-order valence-electron chi connectivity index (χ0n) is 9.87. The highest BCUT2D eigenvalue weighted by Crippen LogP contribution is 2.02. The predicted molar refractivity (Wildman–Crippen MR) is 65.4 cm³/mol. The lowest BCUT2D eigenvalue weighted by molar-refractivity contribution is 0.0599. The summed E-state index contributed by atoms with van der Waals surface area (Å²) in [5.41, 5.74) is 1.12. The number of esters is 1. The summed E-state index contributed by atoms with van der Waals surface area (Å²) in [6.45, 7) is 0.395. The summed E-state index contributed by atoms with van der Waals surface area (Å²) < 4.78 is 6.08. The van der Waals surface area contributed by atoms with Crippen LogP contribution < -0.4 is 5.56 Å². The second kappa shape index (κ2) is 5.27. The molecule has 0 aliphatic carbocycles. The first-order valence-electron chi connectivity index (χ1n) is 5.38. The molecule has 0 saturated carbocycles. The summed E-state index contributed by atoms with van der Waals surface area (Å²) in [6.07, 6.45) is 4.81. The zero-order valence-corrected chi connectivity index (χ0v) is 9.87. The van der Waals surface area contributed by atoms with Crippen molar-refractivity contribution in [2.75, 3.05) is 7.11 Å². The van der Waals surface area contributed by atoms with Gasteiger partial charge in [-0.3, -0.25) is 9.78 Å². The van der Waals surface area contributed by atoms with Crippen molar-refractivity contribution in [3.8, 4) is 0 Å². The van der Waals surface area contributed by atoms with Gasteiger partial charge in [0.1, 0.15) is 0 Å². The maximum absolute atomic E-state index is 11.7. The van der Waals surface area contributed by atoms with Crippen molar-refractivity contribution in [1.82, 2.24) is 9.55 Å². The van der Waals surface area contributed by atoms with Gasteiger partial charge in [0.25, 0.3) is 5.56 Å². The van der Waals surface area contributed by atoms with Gasteiger partial charge in [0.05, 0.1) is 19.2 Å². The molecule has 92 valence electrons. The lowest BCUT2D eigenvalue weighted by Gasteiger charge is -2.07. The van der Waals surface area contributed by atoms with E-state index in [1.807, 2.05) is 12.1 Å². The van der Waals surface area contributed by atoms with Crippen LogP contribution in [0.3, 0.4) is 0 Å². The largest absolute Gasteiger partial charge is 0.465 e. The van der Waals surface area contributed by atoms with Crippen LogP contribution >= 0.6 is 0 Å². The monoisotopic (exact) mass is 244 g/mol. The number of carbonyl (C=O) groups excluding carboxylic acids is 1. The smallest absolute Gasteiger partial charge is 0.339 e. The molecule has 0 atom stereocenters. The van der Waals surface area contributed by atoms with Gasteiger partial charge in [0, 0.05) is 24.7 Å². The molecule has 2 aromatic rings. The molecule has 0 radical (unpaired) electrons. The molecule has 5 heteroatoms. The Morgan fingerprint density at radius 3 is 2.67 bits per heavy atom. The SMILES string of the molecule is COC(=O)c1ccc(=O)n(Cc2ccncc2)c1. The van der Waals surface area contributed by atoms with Gasteiger partial charge in [-0.2, -0.15) is 0 Å². The lowest BCUT2D eigenvalue weighted by atomic mass is 10.2. The molecule has 0 unspecified atom stereocenters. The molecule has 0 bridgehead atoms. The third-order valence-electron chi connectivity index (χ3n) is 2.51. The molecule has 0 aliphatic heterocycles. The molecule has 2 rings (SSSR count). The number of methoxy groups -OCH3 is 1. The quantitative estimate of drug-likeness (QED) is 0.758. The Bertz CT molecular complexity index is 605. The first-order valence-corrected chi connectivity index (χ1v) is 5.38. The molecular weight excluding hydrogens is 232 g/mol. The van der Waals surface area contributed by atoms with Crippen LogP contribution in [0.5, 0.6) is 0 Å². The number of hydrogen-bond acceptors (Lipinski definition) is 4. The van der Waals surface area contributed by atoms with Crippen molar-refractivity contribution in [3.63, 3.8) is 0 Å². The molecule has 5 nitrogen and oxygen atoms in total. The first-order chi connectivity index (χ1) is 8.70. The summed E-state index contributed by atoms with van der Waals surface area (Å²) in [5.74, 6) is -0.460. The van der Waals surface area contributed by atoms with Gasteiger partial charge < -0.3 is 9.30 Å². The fourth-order valence-electron chi connectivity index (χ4n) is 1.58. The van der Waals surface area contributed by atoms with E-state index in [1.165, 1.54) is 30.0 Å². The topological polar surface area (TPSA) is 61.2 Å². The van der Waals surface area contributed by atoms with Crippen LogP contribution in [0.2, 0.25) is 0 Å². The highest BCUT2D eigenvalue weighted by Gasteiger charge is 2.07. The van der Waals surface area contributed by atoms with E-state index >= 15 is 0 Å². The van der Waals surface area contributed by atoms with Crippen LogP contribution in [0.15, 0.2) is 47.7 Å². The van der Waals surface area contributed by atoms with E-state index in [2.05, 4.69) is 9.72 Å². The second-order valence-corrected chi connectivity index (χ2v) is 3.73. The van der Waals surface area contributed by atoms with Crippen LogP contribution in [0, 0.1) is 0 Å². The number of rotatable bonds is 3. The molecule has 0 N–H and O–H groups in total. The normalized spacial score (nSPS) is 10.1. The maximum atomic E-state index is 11.7. The molecule has 0 spiro atoms. The Hall–Kier alpha value is -2.43. The van der Waals surface area contributed by atoms with E-state index in [0.29, 0.717) is 12.1 Å². The number of pyridine rings is 2. The van der Waals surface area contributed by atoms with E-state index < -0.39 is 5.97 Å². The van der Waals surface area contributed by atoms with E-state index in [-0.39, 0.29) is 5.56 Å². The van der Waals surface area contributed by atoms with Gasteiger partial charge >= 0.3 is 5.97 Å². The van der Waals surface area contributed by atoms with E-state index in [4.69, 9.17) is 0 Å². The fraction of sp³-hybridized carbons (Fsp3) is 0.154. The van der Waals surface area contributed by atoms with E-state index in [1.54, 1.807) is 12.4 Å². The van der Waals surface area contributed by atoms with Crippen LogP contribution in [-0.2, 0) is 11.3 Å². The predicted octanol–water partition coefficient (Wildman–Crippen LogP) is 1.08. The Balaban J connectivity index is 2.33. The number of ether oxygens (including phenoxy) is 1. The molecule has 0 fully saturated rings. The Morgan fingerprint density at radius 2 is 2.00 bits per heavy atom. The molecule has 0 aliphatic rings. The van der Waals surface area contributed by atoms with Crippen molar-refractivity contribution in [2.45, 2.75) is 6.54 Å². The Morgan fingerprint density at radius 1 is 1.28 bits per heavy atom. The lowest BCUT2D eigenvalue weighted by Crippen LogP contribution is -2.21. The number of nitrogens with zero attached hydrogens (tertiary/aromatic N) is 2. The minimum absolute atomic E-state index is 0.167. The van der Waals surface area contributed by atoms with Crippen LogP contribution in [0.4, 0.5) is 0 Å². The van der Waals surface area contributed by atoms with Gasteiger partial charge in [-0.05, 0) is 23.8 Å². The third kappa shape index (κ3) is 2.63. The number of carbonyl (C=O) groups is 1. The number of aromatic nitrogens is 2. The van der Waals surface area contributed by atoms with Crippen molar-refractivity contribution in [2.24, 2.45) is 0 Å². The second-order valence-electron chi connectivity index (χ2n) is 3.73. The van der Waals surface area contributed by atoms with Crippen molar-refractivity contribution in [1.29, 1.82) is 0 Å². The molecule has 2 heterocycles. The molecule has 0 saturated heterocycles. The summed E-state index contributed by atoms with van der Waals surface area (Å²) in [4.78, 5) is 27.0. The Kier molecular flexibility index (Phi) is 3.52. The first kappa shape index (κ1) is 12.0. The average molecular weight is 244 g/mol. The maximum Gasteiger partial charge on any atom is 0.339 e. The molecule has 2 aromatic heterocycles. The highest BCUT2D eigenvalue weighted by molar-refractivity contribution is 5.88. The average Bonchev–Trinajstić information content (AvgIpc) is 2.41. The minimum Gasteiger partial charge on any atom is -0.465 e. The van der Waals surface area contributed by atoms with Gasteiger partial charge in [-0.1, -0.05) is 0 Å². The number of hydrogen-bond donors (Lipinski definition) is 0. The van der Waals surface area contributed by atoms with E-state index in [9.17, 15) is 9.59 Å². The van der Waals surface area contributed by atoms with Crippen molar-refractivity contribution >= 4 is 5.97 Å². The Labute approximate surface area is 104 Å². The van der Waals surface area contributed by atoms with Crippen LogP contribution in [0.1, 0.15) is 15.9 Å². The van der Waals surface area contributed by atoms with Crippen molar-refractivity contribution < 1.29 is 9.53 Å². The molecule has 18 heavy (non-hydrogen) atoms. The standard InChI is InChI=1S/C13H12N2O3/c1-18-13(17)11-2-3-12(16)15(9-11)8-10-4-6-14-7-5-10/h2-7,9H,8H2,1H3. The van der Waals surface area contributed by atoms with Gasteiger partial charge in [-0.15, -0.1) is 0 Å². The highest BCUT2D eigenvalue weighted by atomic mass is 16.5. The fourth-order valence-corrected chi connectivity index (χ4v) is 1.58. The molecule has 0 aromatic carbocycles. The summed E-state index contributed by atoms with van der Waals surface area (Å²) in [6, 6.07) is 6.44. The zero-order chi connectivity index (χ0) is 13.0. The summed E-state index contributed by atoms with van der Waals surface area (Å²) >= 11 is 0. The van der Waals surface area contributed by atoms with Crippen LogP contribution in [0.25, 0.3) is 0 Å². The molecule has 0 amide bonds. The van der Waals surface area contributed by atoms with Crippen molar-refractivity contribution in [3.05, 3.63) is 64.3 Å². The van der Waals surface area contributed by atoms with E-state index in [0.717, 1.165) is 5.56 Å². The molecular formula is C13H12N2O3. The summed E-state index contributed by atoms with van der Waals surface area (Å²) in [7, 11) is 1.31.